The molecule has 4 radical (unpaired) electrons. The molecule has 0 saturated carbocycles. The minimum absolute atomic E-state index is 0.274. The van der Waals surface area contributed by atoms with Gasteiger partial charge in [-0.2, -0.15) is 0 Å². The SMILES string of the molecule is Brc1ccccc1Sc1ccc2c(c1)C1(c3ccccc3-c3ccccc31)c1ccccc1-2.[B][B]. The number of hydrogen-bond acceptors (Lipinski definition) is 1. The molecule has 162 valence electrons. The lowest BCUT2D eigenvalue weighted by Gasteiger charge is -2.30. The Labute approximate surface area is 221 Å². The van der Waals surface area contributed by atoms with Gasteiger partial charge in [-0.1, -0.05) is 103 Å². The fraction of sp³-hybridized carbons (Fsp3) is 0.0323. The monoisotopic (exact) mass is 524 g/mol. The van der Waals surface area contributed by atoms with Gasteiger partial charge in [-0.05, 0) is 84.7 Å². The average Bonchev–Trinajstić information content (AvgIpc) is 3.38. The molecule has 0 saturated heterocycles. The Kier molecular flexibility index (Phi) is 5.75. The number of fused-ring (bicyclic) bond motifs is 10. The molecule has 7 rings (SSSR count). The standard InChI is InChI=1S/C31H19BrS.B2/c32-29-15-7-8-16-30(29)33-20-17-18-24-23-11-3-6-14-27(23)31(28(24)19-20)25-12-4-1-9-21(25)22-10-2-5-13-26(22)31;1-2/h1-19H;. The molecule has 0 atom stereocenters. The molecule has 0 unspecified atom stereocenters. The van der Waals surface area contributed by atoms with Crippen LogP contribution in [0.3, 0.4) is 0 Å². The summed E-state index contributed by atoms with van der Waals surface area (Å²) in [5.74, 6) is 0. The molecule has 1 spiro atoms. The molecule has 0 N–H and O–H groups in total. The minimum atomic E-state index is -0.274. The molecule has 0 bridgehead atoms. The van der Waals surface area contributed by atoms with Gasteiger partial charge in [0.2, 0.25) is 0 Å². The third-order valence-electron chi connectivity index (χ3n) is 7.03. The Bertz CT molecular complexity index is 1510. The Balaban J connectivity index is 0.00000112. The zero-order valence-electron chi connectivity index (χ0n) is 18.9. The molecule has 4 heteroatoms. The van der Waals surface area contributed by atoms with E-state index < -0.39 is 0 Å². The highest BCUT2D eigenvalue weighted by molar-refractivity contribution is 9.10. The molecule has 5 aromatic rings. The second-order valence-electron chi connectivity index (χ2n) is 8.63. The van der Waals surface area contributed by atoms with Crippen LogP contribution in [0.5, 0.6) is 0 Å². The Morgan fingerprint density at radius 1 is 0.514 bits per heavy atom. The van der Waals surface area contributed by atoms with Crippen LogP contribution in [0.2, 0.25) is 0 Å². The van der Waals surface area contributed by atoms with Crippen molar-refractivity contribution in [3.8, 4) is 22.3 Å². The van der Waals surface area contributed by atoms with Crippen molar-refractivity contribution in [2.45, 2.75) is 15.2 Å². The maximum Gasteiger partial charge on any atom is 0.0725 e. The molecule has 2 aliphatic rings. The zero-order valence-corrected chi connectivity index (χ0v) is 21.3. The highest BCUT2D eigenvalue weighted by Crippen LogP contribution is 2.63. The van der Waals surface area contributed by atoms with Crippen molar-refractivity contribution in [3.05, 3.63) is 142 Å². The van der Waals surface area contributed by atoms with Crippen molar-refractivity contribution in [2.75, 3.05) is 0 Å². The highest BCUT2D eigenvalue weighted by atomic mass is 79.9. The van der Waals surface area contributed by atoms with E-state index in [0.29, 0.717) is 0 Å². The number of benzene rings is 5. The van der Waals surface area contributed by atoms with Gasteiger partial charge in [0.1, 0.15) is 0 Å². The fourth-order valence-corrected chi connectivity index (χ4v) is 7.20. The number of rotatable bonds is 2. The molecular weight excluding hydrogens is 506 g/mol. The Morgan fingerprint density at radius 2 is 0.971 bits per heavy atom. The lowest BCUT2D eigenvalue weighted by Crippen LogP contribution is -2.25. The molecule has 0 aliphatic heterocycles. The molecule has 0 aromatic heterocycles. The largest absolute Gasteiger partial charge is 0.0889 e. The summed E-state index contributed by atoms with van der Waals surface area (Å²) in [7, 11) is 8.00. The summed E-state index contributed by atoms with van der Waals surface area (Å²) in [5, 5.41) is 0. The van der Waals surface area contributed by atoms with E-state index in [1.807, 2.05) is 11.8 Å². The molecule has 2 aliphatic carbocycles. The van der Waals surface area contributed by atoms with Crippen LogP contribution < -0.4 is 0 Å². The summed E-state index contributed by atoms with van der Waals surface area (Å²) in [5.41, 5.74) is 10.7. The van der Waals surface area contributed by atoms with Crippen LogP contribution in [0.1, 0.15) is 22.3 Å². The van der Waals surface area contributed by atoms with Crippen molar-refractivity contribution < 1.29 is 0 Å². The number of halogens is 1. The van der Waals surface area contributed by atoms with Crippen LogP contribution in [-0.4, -0.2) is 15.5 Å². The van der Waals surface area contributed by atoms with Gasteiger partial charge in [-0.3, -0.25) is 0 Å². The van der Waals surface area contributed by atoms with E-state index in [2.05, 4.69) is 147 Å². The molecule has 0 heterocycles. The van der Waals surface area contributed by atoms with Gasteiger partial charge in [0.25, 0.3) is 0 Å². The fourth-order valence-electron chi connectivity index (χ4n) is 5.79. The van der Waals surface area contributed by atoms with Crippen molar-refractivity contribution in [2.24, 2.45) is 0 Å². The molecule has 5 aromatic carbocycles. The third kappa shape index (κ3) is 3.23. The van der Waals surface area contributed by atoms with Gasteiger partial charge < -0.3 is 0 Å². The average molecular weight is 525 g/mol. The first-order valence-corrected chi connectivity index (χ1v) is 13.1. The van der Waals surface area contributed by atoms with E-state index >= 15 is 0 Å². The molecule has 0 amide bonds. The zero-order chi connectivity index (χ0) is 24.0. The van der Waals surface area contributed by atoms with E-state index in [1.165, 1.54) is 54.3 Å². The van der Waals surface area contributed by atoms with Gasteiger partial charge in [0.05, 0.1) is 5.41 Å². The van der Waals surface area contributed by atoms with Gasteiger partial charge >= 0.3 is 0 Å². The Morgan fingerprint density at radius 3 is 1.51 bits per heavy atom. The summed E-state index contributed by atoms with van der Waals surface area (Å²) < 4.78 is 1.13. The smallest absolute Gasteiger partial charge is 0.0725 e. The normalized spacial score (nSPS) is 13.3. The van der Waals surface area contributed by atoms with E-state index in [1.54, 1.807) is 0 Å². The summed E-state index contributed by atoms with van der Waals surface area (Å²) >= 11 is 5.54. The van der Waals surface area contributed by atoms with Crippen molar-refractivity contribution in [3.63, 3.8) is 0 Å². The first kappa shape index (κ1) is 22.5. The second kappa shape index (κ2) is 8.93. The van der Waals surface area contributed by atoms with E-state index in [9.17, 15) is 0 Å². The summed E-state index contributed by atoms with van der Waals surface area (Å²) in [6, 6.07) is 42.3. The van der Waals surface area contributed by atoms with Gasteiger partial charge in [-0.15, -0.1) is 0 Å². The van der Waals surface area contributed by atoms with Crippen LogP contribution in [0.15, 0.2) is 130 Å². The van der Waals surface area contributed by atoms with Gasteiger partial charge in [0.15, 0.2) is 0 Å². The topological polar surface area (TPSA) is 0 Å². The molecular formula is C31H19B2BrS. The van der Waals surface area contributed by atoms with Crippen LogP contribution in [0, 0.1) is 0 Å². The third-order valence-corrected chi connectivity index (χ3v) is 9.05. The van der Waals surface area contributed by atoms with E-state index in [0.717, 1.165) is 4.47 Å². The maximum atomic E-state index is 4.00. The molecule has 0 fully saturated rings. The maximum absolute atomic E-state index is 4.00. The van der Waals surface area contributed by atoms with Crippen molar-refractivity contribution >= 4 is 43.2 Å². The minimum Gasteiger partial charge on any atom is -0.0889 e. The van der Waals surface area contributed by atoms with Crippen LogP contribution >= 0.6 is 27.7 Å². The predicted molar refractivity (Wildman–Crippen MR) is 153 cm³/mol. The van der Waals surface area contributed by atoms with Crippen LogP contribution in [-0.2, 0) is 5.41 Å². The van der Waals surface area contributed by atoms with E-state index in [4.69, 9.17) is 0 Å². The van der Waals surface area contributed by atoms with E-state index in [-0.39, 0.29) is 5.41 Å². The van der Waals surface area contributed by atoms with Crippen molar-refractivity contribution in [1.82, 2.24) is 0 Å². The lowest BCUT2D eigenvalue weighted by molar-refractivity contribution is 0.791. The first-order chi connectivity index (χ1) is 17.3. The van der Waals surface area contributed by atoms with Crippen LogP contribution in [0.4, 0.5) is 0 Å². The highest BCUT2D eigenvalue weighted by Gasteiger charge is 2.51. The lowest BCUT2D eigenvalue weighted by atomic mass is 9.70. The molecule has 0 nitrogen and oxygen atoms in total. The van der Waals surface area contributed by atoms with Gasteiger partial charge in [-0.25, -0.2) is 0 Å². The van der Waals surface area contributed by atoms with Gasteiger partial charge in [0, 0.05) is 29.7 Å². The Hall–Kier alpha value is -2.94. The second-order valence-corrected chi connectivity index (χ2v) is 10.6. The first-order valence-electron chi connectivity index (χ1n) is 11.5. The summed E-state index contributed by atoms with van der Waals surface area (Å²) in [6.45, 7) is 0. The number of hydrogen-bond donors (Lipinski definition) is 0. The van der Waals surface area contributed by atoms with Crippen molar-refractivity contribution in [1.29, 1.82) is 0 Å². The predicted octanol–water partition coefficient (Wildman–Crippen LogP) is 8.18. The molecule has 35 heavy (non-hydrogen) atoms. The summed E-state index contributed by atoms with van der Waals surface area (Å²) in [6.07, 6.45) is 0. The summed E-state index contributed by atoms with van der Waals surface area (Å²) in [4.78, 5) is 2.49. The van der Waals surface area contributed by atoms with Crippen LogP contribution in [0.25, 0.3) is 22.3 Å². The quantitative estimate of drug-likeness (QED) is 0.205.